The van der Waals surface area contributed by atoms with Gasteiger partial charge in [-0.25, -0.2) is 4.79 Å². The molecule has 0 fully saturated rings. The Morgan fingerprint density at radius 1 is 1.46 bits per heavy atom. The van der Waals surface area contributed by atoms with Gasteiger partial charge in [0.15, 0.2) is 0 Å². The van der Waals surface area contributed by atoms with E-state index in [1.165, 1.54) is 0 Å². The third-order valence-corrected chi connectivity index (χ3v) is 1.89. The van der Waals surface area contributed by atoms with Crippen LogP contribution in [-0.2, 0) is 11.2 Å². The van der Waals surface area contributed by atoms with Crippen molar-refractivity contribution < 1.29 is 9.90 Å². The summed E-state index contributed by atoms with van der Waals surface area (Å²) in [5, 5.41) is 15.7. The minimum atomic E-state index is -1.15. The molecule has 0 heterocycles. The number of aryl methyl sites for hydroxylation is 1. The van der Waals surface area contributed by atoms with Gasteiger partial charge in [0.05, 0.1) is 0 Å². The molecule has 68 valence electrons. The van der Waals surface area contributed by atoms with E-state index < -0.39 is 5.97 Å². The molecule has 0 bridgehead atoms. The molecular formula is C10H11NO2. The molecule has 0 atom stereocenters. The van der Waals surface area contributed by atoms with Crippen molar-refractivity contribution in [2.45, 2.75) is 13.3 Å². The number of carboxylic acid groups (broad SMARTS) is 1. The molecule has 0 aliphatic rings. The lowest BCUT2D eigenvalue weighted by atomic mass is 10.0. The second-order valence-electron chi connectivity index (χ2n) is 2.89. The third-order valence-electron chi connectivity index (χ3n) is 1.89. The molecule has 3 nitrogen and oxygen atoms in total. The number of hydrogen-bond acceptors (Lipinski definition) is 2. The lowest BCUT2D eigenvalue weighted by Gasteiger charge is -2.03. The van der Waals surface area contributed by atoms with Crippen molar-refractivity contribution >= 4 is 11.7 Å². The Hall–Kier alpha value is -1.64. The summed E-state index contributed by atoms with van der Waals surface area (Å²) < 4.78 is 0. The van der Waals surface area contributed by atoms with Gasteiger partial charge in [0.25, 0.3) is 0 Å². The number of rotatable bonds is 3. The molecule has 2 N–H and O–H groups in total. The van der Waals surface area contributed by atoms with Gasteiger partial charge in [0.2, 0.25) is 0 Å². The Labute approximate surface area is 76.5 Å². The van der Waals surface area contributed by atoms with Crippen molar-refractivity contribution in [3.05, 3.63) is 35.4 Å². The van der Waals surface area contributed by atoms with Gasteiger partial charge in [-0.05, 0) is 18.1 Å². The van der Waals surface area contributed by atoms with Gasteiger partial charge < -0.3 is 5.11 Å². The van der Waals surface area contributed by atoms with E-state index in [2.05, 4.69) is 0 Å². The summed E-state index contributed by atoms with van der Waals surface area (Å²) in [5.74, 6) is -1.15. The topological polar surface area (TPSA) is 61.2 Å². The number of aliphatic carboxylic acids is 1. The SMILES string of the molecule is Cc1ccccc1CC(=N)C(=O)O. The predicted octanol–water partition coefficient (Wildman–Crippen LogP) is 1.64. The molecule has 0 radical (unpaired) electrons. The highest BCUT2D eigenvalue weighted by atomic mass is 16.4. The molecule has 1 aromatic rings. The highest BCUT2D eigenvalue weighted by Gasteiger charge is 2.08. The van der Waals surface area contributed by atoms with Gasteiger partial charge in [0, 0.05) is 6.42 Å². The zero-order valence-corrected chi connectivity index (χ0v) is 7.37. The van der Waals surface area contributed by atoms with E-state index in [-0.39, 0.29) is 12.1 Å². The lowest BCUT2D eigenvalue weighted by molar-refractivity contribution is -0.129. The fourth-order valence-corrected chi connectivity index (χ4v) is 1.07. The first-order valence-electron chi connectivity index (χ1n) is 3.96. The normalized spacial score (nSPS) is 9.62. The first-order valence-corrected chi connectivity index (χ1v) is 3.96. The molecular weight excluding hydrogens is 166 g/mol. The van der Waals surface area contributed by atoms with Crippen LogP contribution in [0, 0.1) is 12.3 Å². The fraction of sp³-hybridized carbons (Fsp3) is 0.200. The van der Waals surface area contributed by atoms with Gasteiger partial charge in [-0.15, -0.1) is 0 Å². The van der Waals surface area contributed by atoms with Crippen LogP contribution in [0.25, 0.3) is 0 Å². The van der Waals surface area contributed by atoms with Crippen molar-refractivity contribution in [2.75, 3.05) is 0 Å². The number of carboxylic acids is 1. The van der Waals surface area contributed by atoms with Gasteiger partial charge in [-0.2, -0.15) is 0 Å². The van der Waals surface area contributed by atoms with Gasteiger partial charge in [-0.3, -0.25) is 5.41 Å². The Kier molecular flexibility index (Phi) is 2.80. The van der Waals surface area contributed by atoms with E-state index in [1.54, 1.807) is 0 Å². The van der Waals surface area contributed by atoms with E-state index in [9.17, 15) is 4.79 Å². The summed E-state index contributed by atoms with van der Waals surface area (Å²) in [6.45, 7) is 1.91. The second-order valence-corrected chi connectivity index (χ2v) is 2.89. The molecule has 0 amide bonds. The fourth-order valence-electron chi connectivity index (χ4n) is 1.07. The molecule has 0 saturated heterocycles. The minimum absolute atomic E-state index is 0.196. The molecule has 3 heteroatoms. The zero-order valence-electron chi connectivity index (χ0n) is 7.37. The highest BCUT2D eigenvalue weighted by molar-refractivity contribution is 6.34. The Morgan fingerprint density at radius 2 is 2.08 bits per heavy atom. The number of nitrogens with one attached hydrogen (secondary N) is 1. The van der Waals surface area contributed by atoms with Crippen LogP contribution in [0.1, 0.15) is 11.1 Å². The third kappa shape index (κ3) is 2.40. The summed E-state index contributed by atoms with van der Waals surface area (Å²) in [4.78, 5) is 10.4. The van der Waals surface area contributed by atoms with Crippen LogP contribution in [0.2, 0.25) is 0 Å². The molecule has 13 heavy (non-hydrogen) atoms. The molecule has 1 rings (SSSR count). The van der Waals surface area contributed by atoms with Gasteiger partial charge in [0.1, 0.15) is 5.71 Å². The monoisotopic (exact) mass is 177 g/mol. The smallest absolute Gasteiger partial charge is 0.349 e. The van der Waals surface area contributed by atoms with E-state index in [1.807, 2.05) is 31.2 Å². The summed E-state index contributed by atoms with van der Waals surface area (Å²) in [6, 6.07) is 7.48. The standard InChI is InChI=1S/C10H11NO2/c1-7-4-2-3-5-8(7)6-9(11)10(12)13/h2-5,11H,6H2,1H3,(H,12,13). The predicted molar refractivity (Wildman–Crippen MR) is 50.2 cm³/mol. The van der Waals surface area contributed by atoms with Crippen LogP contribution in [0.3, 0.4) is 0 Å². The molecule has 0 spiro atoms. The van der Waals surface area contributed by atoms with E-state index in [0.717, 1.165) is 11.1 Å². The summed E-state index contributed by atoms with van der Waals surface area (Å²) in [6.07, 6.45) is 0.196. The van der Waals surface area contributed by atoms with Crippen LogP contribution in [0.15, 0.2) is 24.3 Å². The summed E-state index contributed by atoms with van der Waals surface area (Å²) in [7, 11) is 0. The van der Waals surface area contributed by atoms with E-state index >= 15 is 0 Å². The van der Waals surface area contributed by atoms with Gasteiger partial charge >= 0.3 is 5.97 Å². The van der Waals surface area contributed by atoms with Crippen molar-refractivity contribution in [1.29, 1.82) is 5.41 Å². The number of benzene rings is 1. The minimum Gasteiger partial charge on any atom is -0.477 e. The first kappa shape index (κ1) is 9.45. The Balaban J connectivity index is 2.81. The first-order chi connectivity index (χ1) is 6.11. The number of carbonyl (C=O) groups is 1. The summed E-state index contributed by atoms with van der Waals surface area (Å²) in [5.41, 5.74) is 1.65. The lowest BCUT2D eigenvalue weighted by Crippen LogP contribution is -2.14. The quantitative estimate of drug-likeness (QED) is 0.689. The van der Waals surface area contributed by atoms with Crippen molar-refractivity contribution in [3.63, 3.8) is 0 Å². The van der Waals surface area contributed by atoms with Crippen LogP contribution in [0.4, 0.5) is 0 Å². The number of hydrogen-bond donors (Lipinski definition) is 2. The zero-order chi connectivity index (χ0) is 9.84. The van der Waals surface area contributed by atoms with Crippen LogP contribution in [-0.4, -0.2) is 16.8 Å². The van der Waals surface area contributed by atoms with Crippen LogP contribution in [0.5, 0.6) is 0 Å². The summed E-state index contributed by atoms with van der Waals surface area (Å²) >= 11 is 0. The average molecular weight is 177 g/mol. The molecule has 0 unspecified atom stereocenters. The van der Waals surface area contributed by atoms with Crippen LogP contribution >= 0.6 is 0 Å². The van der Waals surface area contributed by atoms with E-state index in [4.69, 9.17) is 10.5 Å². The molecule has 0 saturated carbocycles. The maximum absolute atomic E-state index is 10.4. The van der Waals surface area contributed by atoms with Gasteiger partial charge in [-0.1, -0.05) is 24.3 Å². The highest BCUT2D eigenvalue weighted by Crippen LogP contribution is 2.07. The van der Waals surface area contributed by atoms with Crippen LogP contribution < -0.4 is 0 Å². The average Bonchev–Trinajstić information content (AvgIpc) is 2.08. The molecule has 0 aliphatic heterocycles. The van der Waals surface area contributed by atoms with Crippen molar-refractivity contribution in [3.8, 4) is 0 Å². The Bertz CT molecular complexity index is 345. The molecule has 1 aromatic carbocycles. The maximum Gasteiger partial charge on any atom is 0.349 e. The second kappa shape index (κ2) is 3.85. The van der Waals surface area contributed by atoms with Crippen molar-refractivity contribution in [2.24, 2.45) is 0 Å². The molecule has 0 aromatic heterocycles. The maximum atomic E-state index is 10.4. The Morgan fingerprint density at radius 3 is 2.62 bits per heavy atom. The van der Waals surface area contributed by atoms with E-state index in [0.29, 0.717) is 0 Å². The van der Waals surface area contributed by atoms with Crippen molar-refractivity contribution in [1.82, 2.24) is 0 Å². The largest absolute Gasteiger partial charge is 0.477 e. The molecule has 0 aliphatic carbocycles.